The second-order valence-corrected chi connectivity index (χ2v) is 5.50. The van der Waals surface area contributed by atoms with Crippen LogP contribution in [0, 0.1) is 5.82 Å². The van der Waals surface area contributed by atoms with E-state index in [0.717, 1.165) is 17.8 Å². The molecule has 0 atom stereocenters. The minimum atomic E-state index is -0.257. The van der Waals surface area contributed by atoms with Gasteiger partial charge in [-0.3, -0.25) is 0 Å². The molecule has 0 amide bonds. The van der Waals surface area contributed by atoms with Gasteiger partial charge in [0.25, 0.3) is 0 Å². The number of anilines is 1. The summed E-state index contributed by atoms with van der Waals surface area (Å²) in [6.07, 6.45) is 0. The van der Waals surface area contributed by atoms with Gasteiger partial charge in [0.15, 0.2) is 0 Å². The summed E-state index contributed by atoms with van der Waals surface area (Å²) in [5, 5.41) is 3.21. The molecular weight excluding hydrogens is 273 g/mol. The first-order chi connectivity index (χ1) is 9.81. The molecule has 3 nitrogen and oxygen atoms in total. The van der Waals surface area contributed by atoms with Crippen LogP contribution in [0.2, 0.25) is 0 Å². The Morgan fingerprint density at radius 3 is 2.85 bits per heavy atom. The van der Waals surface area contributed by atoms with E-state index in [-0.39, 0.29) is 5.82 Å². The van der Waals surface area contributed by atoms with Crippen molar-refractivity contribution in [2.75, 3.05) is 17.6 Å². The van der Waals surface area contributed by atoms with Crippen molar-refractivity contribution in [3.05, 3.63) is 54.3 Å². The van der Waals surface area contributed by atoms with Crippen molar-refractivity contribution in [2.24, 2.45) is 0 Å². The number of hydrogen-bond donors (Lipinski definition) is 2. The molecule has 3 rings (SSSR count). The molecule has 1 aromatic heterocycles. The molecule has 0 aliphatic heterocycles. The predicted molar refractivity (Wildman–Crippen MR) is 81.7 cm³/mol. The molecule has 0 radical (unpaired) electrons. The van der Waals surface area contributed by atoms with E-state index in [0.29, 0.717) is 11.5 Å². The van der Waals surface area contributed by atoms with Gasteiger partial charge in [-0.1, -0.05) is 18.2 Å². The van der Waals surface area contributed by atoms with Crippen molar-refractivity contribution in [3.63, 3.8) is 0 Å². The number of imidazole rings is 1. The molecule has 2 aromatic carbocycles. The Hall–Kier alpha value is -2.01. The summed E-state index contributed by atoms with van der Waals surface area (Å²) in [5.74, 6) is 1.36. The van der Waals surface area contributed by atoms with E-state index < -0.39 is 0 Å². The molecule has 5 heteroatoms. The summed E-state index contributed by atoms with van der Waals surface area (Å²) in [6, 6.07) is 14.8. The summed E-state index contributed by atoms with van der Waals surface area (Å²) in [6.45, 7) is 0.794. The Labute approximate surface area is 120 Å². The van der Waals surface area contributed by atoms with Crippen LogP contribution in [0.1, 0.15) is 0 Å². The highest BCUT2D eigenvalue weighted by Gasteiger charge is 2.03. The number of halogens is 1. The Morgan fingerprint density at radius 2 is 2.00 bits per heavy atom. The lowest BCUT2D eigenvalue weighted by Gasteiger charge is -2.02. The van der Waals surface area contributed by atoms with Gasteiger partial charge in [0.05, 0.1) is 11.0 Å². The zero-order valence-electron chi connectivity index (χ0n) is 10.8. The second kappa shape index (κ2) is 5.96. The Morgan fingerprint density at radius 1 is 1.15 bits per heavy atom. The van der Waals surface area contributed by atoms with Crippen LogP contribution in [0.5, 0.6) is 0 Å². The van der Waals surface area contributed by atoms with Crippen LogP contribution in [0.4, 0.5) is 10.3 Å². The largest absolute Gasteiger partial charge is 0.355 e. The van der Waals surface area contributed by atoms with Crippen LogP contribution in [0.3, 0.4) is 0 Å². The van der Waals surface area contributed by atoms with Gasteiger partial charge in [-0.25, -0.2) is 9.37 Å². The molecule has 2 N–H and O–H groups in total. The molecule has 0 aliphatic rings. The fourth-order valence-corrected chi connectivity index (χ4v) is 2.71. The van der Waals surface area contributed by atoms with Gasteiger partial charge >= 0.3 is 0 Å². The molecule has 0 unspecified atom stereocenters. The van der Waals surface area contributed by atoms with Gasteiger partial charge in [-0.05, 0) is 30.3 Å². The van der Waals surface area contributed by atoms with E-state index in [4.69, 9.17) is 0 Å². The molecule has 0 fully saturated rings. The first-order valence-electron chi connectivity index (χ1n) is 6.38. The van der Waals surface area contributed by atoms with E-state index in [1.165, 1.54) is 17.0 Å². The van der Waals surface area contributed by atoms with Gasteiger partial charge in [0, 0.05) is 17.2 Å². The highest BCUT2D eigenvalue weighted by Crippen LogP contribution is 2.18. The molecule has 3 aromatic rings. The number of aromatic nitrogens is 2. The van der Waals surface area contributed by atoms with Crippen molar-refractivity contribution >= 4 is 28.7 Å². The van der Waals surface area contributed by atoms with E-state index in [2.05, 4.69) is 27.4 Å². The molecule has 0 saturated heterocycles. The molecule has 0 bridgehead atoms. The van der Waals surface area contributed by atoms with Crippen molar-refractivity contribution in [1.29, 1.82) is 0 Å². The van der Waals surface area contributed by atoms with E-state index in [1.54, 1.807) is 17.8 Å². The Balaban J connectivity index is 1.55. The van der Waals surface area contributed by atoms with Crippen LogP contribution in [-0.4, -0.2) is 22.3 Å². The third kappa shape index (κ3) is 3.11. The lowest BCUT2D eigenvalue weighted by atomic mass is 10.3. The lowest BCUT2D eigenvalue weighted by molar-refractivity contribution is 0.629. The molecule has 0 spiro atoms. The highest BCUT2D eigenvalue weighted by molar-refractivity contribution is 7.99. The number of fused-ring (bicyclic) bond motifs is 1. The third-order valence-corrected chi connectivity index (χ3v) is 3.86. The van der Waals surface area contributed by atoms with Crippen LogP contribution < -0.4 is 5.32 Å². The van der Waals surface area contributed by atoms with Gasteiger partial charge < -0.3 is 10.3 Å². The number of thioether (sulfide) groups is 1. The fraction of sp³-hybridized carbons (Fsp3) is 0.133. The summed E-state index contributed by atoms with van der Waals surface area (Å²) < 4.78 is 13.1. The monoisotopic (exact) mass is 287 g/mol. The number of benzene rings is 2. The number of H-pyrrole nitrogens is 1. The third-order valence-electron chi connectivity index (χ3n) is 2.85. The van der Waals surface area contributed by atoms with Crippen molar-refractivity contribution in [2.45, 2.75) is 4.90 Å². The van der Waals surface area contributed by atoms with Crippen molar-refractivity contribution < 1.29 is 4.39 Å². The zero-order valence-corrected chi connectivity index (χ0v) is 11.6. The van der Waals surface area contributed by atoms with Crippen LogP contribution in [-0.2, 0) is 0 Å². The standard InChI is InChI=1S/C15H14FN3S/c16-11-6-7-13-14(10-11)19-15(18-13)17-8-9-20-12-4-2-1-3-5-12/h1-7,10H,8-9H2,(H2,17,18,19). The summed E-state index contributed by atoms with van der Waals surface area (Å²) >= 11 is 1.78. The molecule has 102 valence electrons. The molecule has 1 heterocycles. The number of aromatic amines is 1. The maximum absolute atomic E-state index is 13.1. The van der Waals surface area contributed by atoms with E-state index >= 15 is 0 Å². The maximum atomic E-state index is 13.1. The maximum Gasteiger partial charge on any atom is 0.201 e. The quantitative estimate of drug-likeness (QED) is 0.552. The molecule has 0 saturated carbocycles. The number of rotatable bonds is 5. The minimum absolute atomic E-state index is 0.257. The first kappa shape index (κ1) is 13.0. The molecule has 20 heavy (non-hydrogen) atoms. The van der Waals surface area contributed by atoms with Crippen LogP contribution in [0.15, 0.2) is 53.4 Å². The number of hydrogen-bond acceptors (Lipinski definition) is 3. The smallest absolute Gasteiger partial charge is 0.201 e. The van der Waals surface area contributed by atoms with Crippen LogP contribution in [0.25, 0.3) is 11.0 Å². The van der Waals surface area contributed by atoms with Gasteiger partial charge in [0.2, 0.25) is 5.95 Å². The minimum Gasteiger partial charge on any atom is -0.355 e. The zero-order chi connectivity index (χ0) is 13.8. The first-order valence-corrected chi connectivity index (χ1v) is 7.37. The molecule has 0 aliphatic carbocycles. The van der Waals surface area contributed by atoms with Crippen molar-refractivity contribution in [3.8, 4) is 0 Å². The van der Waals surface area contributed by atoms with Crippen LogP contribution >= 0.6 is 11.8 Å². The summed E-state index contributed by atoms with van der Waals surface area (Å²) in [7, 11) is 0. The average Bonchev–Trinajstić information content (AvgIpc) is 2.86. The SMILES string of the molecule is Fc1ccc2nc(NCCSc3ccccc3)[nH]c2c1. The Bertz CT molecular complexity index is 697. The van der Waals surface area contributed by atoms with Gasteiger partial charge in [-0.2, -0.15) is 0 Å². The Kier molecular flexibility index (Phi) is 3.87. The molecular formula is C15H14FN3S. The fourth-order valence-electron chi connectivity index (χ4n) is 1.92. The second-order valence-electron chi connectivity index (χ2n) is 4.34. The van der Waals surface area contributed by atoms with Crippen molar-refractivity contribution in [1.82, 2.24) is 9.97 Å². The van der Waals surface area contributed by atoms with E-state index in [1.807, 2.05) is 18.2 Å². The summed E-state index contributed by atoms with van der Waals surface area (Å²) in [5.41, 5.74) is 1.48. The number of nitrogens with zero attached hydrogens (tertiary/aromatic N) is 1. The normalized spacial score (nSPS) is 10.8. The van der Waals surface area contributed by atoms with Gasteiger partial charge in [-0.15, -0.1) is 11.8 Å². The predicted octanol–water partition coefficient (Wildman–Crippen LogP) is 3.91. The van der Waals surface area contributed by atoms with E-state index in [9.17, 15) is 4.39 Å². The summed E-state index contributed by atoms with van der Waals surface area (Å²) in [4.78, 5) is 8.67. The average molecular weight is 287 g/mol. The topological polar surface area (TPSA) is 40.7 Å². The highest BCUT2D eigenvalue weighted by atomic mass is 32.2. The lowest BCUT2D eigenvalue weighted by Crippen LogP contribution is -2.05. The number of nitrogens with one attached hydrogen (secondary N) is 2. The van der Waals surface area contributed by atoms with Gasteiger partial charge in [0.1, 0.15) is 5.82 Å².